The Morgan fingerprint density at radius 3 is 2.47 bits per heavy atom. The molecule has 1 aliphatic rings. The summed E-state index contributed by atoms with van der Waals surface area (Å²) in [5.41, 5.74) is 1.94. The molecule has 0 N–H and O–H groups in total. The number of pyridine rings is 1. The summed E-state index contributed by atoms with van der Waals surface area (Å²) in [6, 6.07) is 6.04. The maximum absolute atomic E-state index is 4.55. The molecular weight excluding hydrogens is 238 g/mol. The molecule has 3 heterocycles. The van der Waals surface area contributed by atoms with Gasteiger partial charge in [0, 0.05) is 44.1 Å². The van der Waals surface area contributed by atoms with Gasteiger partial charge in [0.25, 0.3) is 0 Å². The molecule has 2 aromatic rings. The molecule has 0 bridgehead atoms. The summed E-state index contributed by atoms with van der Waals surface area (Å²) in [6.45, 7) is 4.26. The van der Waals surface area contributed by atoms with Gasteiger partial charge in [-0.1, -0.05) is 0 Å². The van der Waals surface area contributed by atoms with Crippen LogP contribution < -0.4 is 4.90 Å². The lowest BCUT2D eigenvalue weighted by atomic mass is 10.2. The minimum atomic E-state index is 0.910. The van der Waals surface area contributed by atoms with Crippen molar-refractivity contribution in [3.63, 3.8) is 0 Å². The monoisotopic (exact) mass is 255 g/mol. The molecule has 19 heavy (non-hydrogen) atoms. The number of anilines is 1. The molecular formula is C14H17N5. The second-order valence-corrected chi connectivity index (χ2v) is 4.79. The molecule has 1 saturated heterocycles. The average molecular weight is 255 g/mol. The van der Waals surface area contributed by atoms with Crippen LogP contribution in [0.3, 0.4) is 0 Å². The van der Waals surface area contributed by atoms with Crippen LogP contribution in [0.1, 0.15) is 0 Å². The SMILES string of the molecule is CN1CCN(c2ccc(-c3ccncn3)cn2)CC1. The second kappa shape index (κ2) is 5.32. The Balaban J connectivity index is 1.76. The number of rotatable bonds is 2. The Morgan fingerprint density at radius 2 is 1.84 bits per heavy atom. The third kappa shape index (κ3) is 2.71. The number of hydrogen-bond donors (Lipinski definition) is 0. The highest BCUT2D eigenvalue weighted by Gasteiger charge is 2.15. The first kappa shape index (κ1) is 12.0. The molecule has 2 aromatic heterocycles. The molecule has 0 saturated carbocycles. The highest BCUT2D eigenvalue weighted by Crippen LogP contribution is 2.19. The molecule has 0 amide bonds. The maximum atomic E-state index is 4.55. The Hall–Kier alpha value is -2.01. The Bertz CT molecular complexity index is 517. The van der Waals surface area contributed by atoms with Crippen molar-refractivity contribution >= 4 is 5.82 Å². The van der Waals surface area contributed by atoms with Crippen LogP contribution in [-0.2, 0) is 0 Å². The molecule has 0 atom stereocenters. The predicted molar refractivity (Wildman–Crippen MR) is 75.0 cm³/mol. The van der Waals surface area contributed by atoms with Crippen LogP contribution in [0.25, 0.3) is 11.3 Å². The van der Waals surface area contributed by atoms with E-state index in [1.807, 2.05) is 12.3 Å². The standard InChI is InChI=1S/C14H17N5/c1-18-6-8-19(9-7-18)14-3-2-12(10-16-14)13-4-5-15-11-17-13/h2-5,10-11H,6-9H2,1H3. The lowest BCUT2D eigenvalue weighted by molar-refractivity contribution is 0.312. The van der Waals surface area contributed by atoms with Crippen molar-refractivity contribution in [2.45, 2.75) is 0 Å². The molecule has 1 fully saturated rings. The Labute approximate surface area is 112 Å². The maximum Gasteiger partial charge on any atom is 0.128 e. The largest absolute Gasteiger partial charge is 0.354 e. The van der Waals surface area contributed by atoms with Crippen LogP contribution in [0.5, 0.6) is 0 Å². The van der Waals surface area contributed by atoms with Crippen molar-refractivity contribution in [3.05, 3.63) is 36.9 Å². The van der Waals surface area contributed by atoms with Gasteiger partial charge in [-0.15, -0.1) is 0 Å². The minimum absolute atomic E-state index is 0.910. The lowest BCUT2D eigenvalue weighted by Crippen LogP contribution is -2.44. The van der Waals surface area contributed by atoms with Gasteiger partial charge in [-0.2, -0.15) is 0 Å². The van der Waals surface area contributed by atoms with Crippen molar-refractivity contribution in [2.75, 3.05) is 38.1 Å². The van der Waals surface area contributed by atoms with E-state index >= 15 is 0 Å². The van der Waals surface area contributed by atoms with E-state index in [9.17, 15) is 0 Å². The van der Waals surface area contributed by atoms with Gasteiger partial charge in [0.05, 0.1) is 5.69 Å². The van der Waals surface area contributed by atoms with Gasteiger partial charge in [0.15, 0.2) is 0 Å². The van der Waals surface area contributed by atoms with Crippen molar-refractivity contribution in [2.24, 2.45) is 0 Å². The zero-order chi connectivity index (χ0) is 13.1. The first-order valence-electron chi connectivity index (χ1n) is 6.49. The third-order valence-electron chi connectivity index (χ3n) is 3.45. The summed E-state index contributed by atoms with van der Waals surface area (Å²) < 4.78 is 0. The number of likely N-dealkylation sites (N-methyl/N-ethyl adjacent to an activating group) is 1. The van der Waals surface area contributed by atoms with Crippen LogP contribution in [-0.4, -0.2) is 53.1 Å². The van der Waals surface area contributed by atoms with Crippen LogP contribution in [0.2, 0.25) is 0 Å². The highest BCUT2D eigenvalue weighted by atomic mass is 15.3. The van der Waals surface area contributed by atoms with E-state index in [2.05, 4.69) is 43.9 Å². The summed E-state index contributed by atoms with van der Waals surface area (Å²) in [4.78, 5) is 17.4. The van der Waals surface area contributed by atoms with Crippen molar-refractivity contribution in [1.82, 2.24) is 19.9 Å². The molecule has 0 radical (unpaired) electrons. The van der Waals surface area contributed by atoms with Crippen molar-refractivity contribution in [3.8, 4) is 11.3 Å². The average Bonchev–Trinajstić information content (AvgIpc) is 2.49. The first-order valence-corrected chi connectivity index (χ1v) is 6.49. The van der Waals surface area contributed by atoms with E-state index in [1.165, 1.54) is 0 Å². The lowest BCUT2D eigenvalue weighted by Gasteiger charge is -2.33. The summed E-state index contributed by atoms with van der Waals surface area (Å²) in [6.07, 6.45) is 5.19. The van der Waals surface area contributed by atoms with Crippen molar-refractivity contribution in [1.29, 1.82) is 0 Å². The summed E-state index contributed by atoms with van der Waals surface area (Å²) in [5.74, 6) is 1.05. The second-order valence-electron chi connectivity index (χ2n) is 4.79. The van der Waals surface area contributed by atoms with Gasteiger partial charge < -0.3 is 9.80 Å². The molecule has 0 unspecified atom stereocenters. The van der Waals surface area contributed by atoms with Gasteiger partial charge in [0.1, 0.15) is 12.1 Å². The van der Waals surface area contributed by atoms with Gasteiger partial charge in [-0.3, -0.25) is 0 Å². The molecule has 1 aliphatic heterocycles. The van der Waals surface area contributed by atoms with Gasteiger partial charge in [-0.05, 0) is 25.2 Å². The van der Waals surface area contributed by atoms with Gasteiger partial charge in [0.2, 0.25) is 0 Å². The number of piperazine rings is 1. The van der Waals surface area contributed by atoms with Crippen LogP contribution in [0.4, 0.5) is 5.82 Å². The van der Waals surface area contributed by atoms with E-state index < -0.39 is 0 Å². The summed E-state index contributed by atoms with van der Waals surface area (Å²) in [7, 11) is 2.16. The third-order valence-corrected chi connectivity index (χ3v) is 3.45. The van der Waals surface area contributed by atoms with Crippen LogP contribution in [0, 0.1) is 0 Å². The molecule has 0 spiro atoms. The highest BCUT2D eigenvalue weighted by molar-refractivity contribution is 5.59. The van der Waals surface area contributed by atoms with E-state index in [0.717, 1.165) is 43.3 Å². The van der Waals surface area contributed by atoms with Gasteiger partial charge in [-0.25, -0.2) is 15.0 Å². The number of nitrogens with zero attached hydrogens (tertiary/aromatic N) is 5. The fourth-order valence-corrected chi connectivity index (χ4v) is 2.22. The van der Waals surface area contributed by atoms with Crippen LogP contribution >= 0.6 is 0 Å². The van der Waals surface area contributed by atoms with E-state index in [-0.39, 0.29) is 0 Å². The zero-order valence-electron chi connectivity index (χ0n) is 11.0. The Kier molecular flexibility index (Phi) is 3.37. The summed E-state index contributed by atoms with van der Waals surface area (Å²) >= 11 is 0. The quantitative estimate of drug-likeness (QED) is 0.809. The van der Waals surface area contributed by atoms with Crippen molar-refractivity contribution < 1.29 is 0 Å². The molecule has 3 rings (SSSR count). The topological polar surface area (TPSA) is 45.2 Å². The zero-order valence-corrected chi connectivity index (χ0v) is 11.0. The minimum Gasteiger partial charge on any atom is -0.354 e. The summed E-state index contributed by atoms with van der Waals surface area (Å²) in [5, 5.41) is 0. The molecule has 98 valence electrons. The van der Waals surface area contributed by atoms with Crippen LogP contribution in [0.15, 0.2) is 36.9 Å². The van der Waals surface area contributed by atoms with Gasteiger partial charge >= 0.3 is 0 Å². The number of aromatic nitrogens is 3. The molecule has 0 aliphatic carbocycles. The van der Waals surface area contributed by atoms with E-state index in [4.69, 9.17) is 0 Å². The Morgan fingerprint density at radius 1 is 1.00 bits per heavy atom. The first-order chi connectivity index (χ1) is 9.33. The normalized spacial score (nSPS) is 16.6. The molecule has 5 nitrogen and oxygen atoms in total. The van der Waals surface area contributed by atoms with E-state index in [1.54, 1.807) is 12.5 Å². The smallest absolute Gasteiger partial charge is 0.128 e. The molecule has 0 aromatic carbocycles. The van der Waals surface area contributed by atoms with E-state index in [0.29, 0.717) is 0 Å². The fourth-order valence-electron chi connectivity index (χ4n) is 2.22. The number of hydrogen-bond acceptors (Lipinski definition) is 5. The predicted octanol–water partition coefficient (Wildman–Crippen LogP) is 1.29. The molecule has 5 heteroatoms. The fraction of sp³-hybridized carbons (Fsp3) is 0.357.